The summed E-state index contributed by atoms with van der Waals surface area (Å²) in [6, 6.07) is 8.78. The molecule has 18 heavy (non-hydrogen) atoms. The number of benzene rings is 1. The summed E-state index contributed by atoms with van der Waals surface area (Å²) in [7, 11) is 0. The summed E-state index contributed by atoms with van der Waals surface area (Å²) in [6.45, 7) is 6.79. The molecule has 0 atom stereocenters. The van der Waals surface area contributed by atoms with E-state index in [0.717, 1.165) is 32.5 Å². The molecule has 1 aliphatic rings. The van der Waals surface area contributed by atoms with Crippen LogP contribution in [0.2, 0.25) is 0 Å². The smallest absolute Gasteiger partial charge is 0.0600 e. The van der Waals surface area contributed by atoms with E-state index in [0.29, 0.717) is 19.3 Å². The fourth-order valence-electron chi connectivity index (χ4n) is 2.54. The van der Waals surface area contributed by atoms with Crippen molar-refractivity contribution in [1.82, 2.24) is 4.90 Å². The lowest BCUT2D eigenvalue weighted by molar-refractivity contribution is 0.00978. The van der Waals surface area contributed by atoms with Gasteiger partial charge >= 0.3 is 0 Å². The van der Waals surface area contributed by atoms with Gasteiger partial charge in [-0.2, -0.15) is 0 Å². The van der Waals surface area contributed by atoms with E-state index in [2.05, 4.69) is 36.1 Å². The van der Waals surface area contributed by atoms with Gasteiger partial charge in [0, 0.05) is 26.2 Å². The van der Waals surface area contributed by atoms with Crippen LogP contribution in [0.5, 0.6) is 0 Å². The van der Waals surface area contributed by atoms with Crippen molar-refractivity contribution in [3.05, 3.63) is 35.4 Å². The molecule has 2 rings (SSSR count). The van der Waals surface area contributed by atoms with Crippen molar-refractivity contribution in [3.8, 4) is 0 Å². The average molecular weight is 248 g/mol. The number of ether oxygens (including phenoxy) is 1. The molecule has 0 amide bonds. The lowest BCUT2D eigenvalue weighted by Gasteiger charge is -2.31. The maximum Gasteiger partial charge on any atom is 0.0600 e. The van der Waals surface area contributed by atoms with E-state index in [1.165, 1.54) is 11.1 Å². The van der Waals surface area contributed by atoms with Gasteiger partial charge in [0.2, 0.25) is 0 Å². The lowest BCUT2D eigenvalue weighted by Crippen LogP contribution is -2.37. The second kappa shape index (κ2) is 6.88. The fourth-order valence-corrected chi connectivity index (χ4v) is 2.54. The molecule has 0 aliphatic carbocycles. The van der Waals surface area contributed by atoms with Crippen molar-refractivity contribution in [2.24, 2.45) is 5.73 Å². The Hall–Kier alpha value is -0.900. The highest BCUT2D eigenvalue weighted by Gasteiger charge is 2.19. The topological polar surface area (TPSA) is 38.5 Å². The van der Waals surface area contributed by atoms with Gasteiger partial charge in [-0.1, -0.05) is 29.8 Å². The first-order valence-corrected chi connectivity index (χ1v) is 6.87. The Bertz CT molecular complexity index is 359. The first-order chi connectivity index (χ1) is 8.78. The average Bonchev–Trinajstić information content (AvgIpc) is 2.38. The summed E-state index contributed by atoms with van der Waals surface area (Å²) < 4.78 is 5.70. The maximum absolute atomic E-state index is 5.70. The second-order valence-corrected chi connectivity index (χ2v) is 5.12. The van der Waals surface area contributed by atoms with Crippen LogP contribution in [0.3, 0.4) is 0 Å². The summed E-state index contributed by atoms with van der Waals surface area (Å²) in [6.07, 6.45) is 2.68. The molecule has 3 heteroatoms. The number of nitrogens with zero attached hydrogens (tertiary/aromatic N) is 1. The molecule has 1 aromatic rings. The molecule has 3 nitrogen and oxygen atoms in total. The number of nitrogens with two attached hydrogens (primary N) is 1. The molecule has 1 aromatic carbocycles. The van der Waals surface area contributed by atoms with Crippen LogP contribution in [0.4, 0.5) is 0 Å². The van der Waals surface area contributed by atoms with Crippen LogP contribution in [0, 0.1) is 6.92 Å². The monoisotopic (exact) mass is 248 g/mol. The van der Waals surface area contributed by atoms with Crippen molar-refractivity contribution in [2.75, 3.05) is 26.2 Å². The predicted octanol–water partition coefficient (Wildman–Crippen LogP) is 1.93. The van der Waals surface area contributed by atoms with Crippen LogP contribution in [0.15, 0.2) is 24.3 Å². The van der Waals surface area contributed by atoms with Crippen LogP contribution in [0.1, 0.15) is 24.0 Å². The fraction of sp³-hybridized carbons (Fsp3) is 0.600. The van der Waals surface area contributed by atoms with E-state index < -0.39 is 0 Å². The number of piperidine rings is 1. The molecule has 0 bridgehead atoms. The Kier molecular flexibility index (Phi) is 5.17. The van der Waals surface area contributed by atoms with Crippen molar-refractivity contribution >= 4 is 0 Å². The third-order valence-electron chi connectivity index (χ3n) is 3.49. The van der Waals surface area contributed by atoms with Crippen LogP contribution in [0.25, 0.3) is 0 Å². The maximum atomic E-state index is 5.70. The quantitative estimate of drug-likeness (QED) is 0.865. The van der Waals surface area contributed by atoms with Gasteiger partial charge in [0.1, 0.15) is 0 Å². The van der Waals surface area contributed by atoms with E-state index in [1.54, 1.807) is 0 Å². The minimum Gasteiger partial charge on any atom is -0.377 e. The predicted molar refractivity (Wildman–Crippen MR) is 74.5 cm³/mol. The zero-order valence-electron chi connectivity index (χ0n) is 11.3. The van der Waals surface area contributed by atoms with Gasteiger partial charge in [-0.3, -0.25) is 4.90 Å². The highest BCUT2D eigenvalue weighted by atomic mass is 16.5. The van der Waals surface area contributed by atoms with Gasteiger partial charge in [0.15, 0.2) is 0 Å². The molecule has 1 fully saturated rings. The Labute approximate surface area is 110 Å². The van der Waals surface area contributed by atoms with Gasteiger partial charge in [-0.05, 0) is 25.3 Å². The Morgan fingerprint density at radius 3 is 2.78 bits per heavy atom. The van der Waals surface area contributed by atoms with Gasteiger partial charge < -0.3 is 10.5 Å². The van der Waals surface area contributed by atoms with Gasteiger partial charge in [0.25, 0.3) is 0 Å². The first kappa shape index (κ1) is 13.5. The van der Waals surface area contributed by atoms with Crippen molar-refractivity contribution in [1.29, 1.82) is 0 Å². The van der Waals surface area contributed by atoms with Crippen LogP contribution < -0.4 is 5.73 Å². The molecular formula is C15H24N2O. The molecule has 1 heterocycles. The normalized spacial score (nSPS) is 18.1. The summed E-state index contributed by atoms with van der Waals surface area (Å²) in [4.78, 5) is 2.51. The highest BCUT2D eigenvalue weighted by Crippen LogP contribution is 2.16. The van der Waals surface area contributed by atoms with E-state index >= 15 is 0 Å². The third-order valence-corrected chi connectivity index (χ3v) is 3.49. The summed E-state index contributed by atoms with van der Waals surface area (Å²) in [5.41, 5.74) is 8.21. The zero-order valence-corrected chi connectivity index (χ0v) is 11.3. The van der Waals surface area contributed by atoms with Gasteiger partial charge in [0.05, 0.1) is 12.7 Å². The SMILES string of the molecule is Cc1cccc(CN2CCC(OCCN)CC2)c1. The molecule has 0 unspecified atom stereocenters. The molecule has 0 radical (unpaired) electrons. The molecule has 0 saturated carbocycles. The Balaban J connectivity index is 1.76. The third kappa shape index (κ3) is 4.09. The van der Waals surface area contributed by atoms with Crippen molar-refractivity contribution < 1.29 is 4.74 Å². The van der Waals surface area contributed by atoms with E-state index in [-0.39, 0.29) is 0 Å². The van der Waals surface area contributed by atoms with E-state index in [9.17, 15) is 0 Å². The Morgan fingerprint density at radius 1 is 1.33 bits per heavy atom. The molecule has 0 aromatic heterocycles. The van der Waals surface area contributed by atoms with E-state index in [1.807, 2.05) is 0 Å². The zero-order chi connectivity index (χ0) is 12.8. The lowest BCUT2D eigenvalue weighted by atomic mass is 10.1. The van der Waals surface area contributed by atoms with Crippen molar-refractivity contribution in [3.63, 3.8) is 0 Å². The van der Waals surface area contributed by atoms with Gasteiger partial charge in [-0.15, -0.1) is 0 Å². The number of hydrogen-bond donors (Lipinski definition) is 1. The first-order valence-electron chi connectivity index (χ1n) is 6.87. The summed E-state index contributed by atoms with van der Waals surface area (Å²) >= 11 is 0. The van der Waals surface area contributed by atoms with Crippen LogP contribution >= 0.6 is 0 Å². The largest absolute Gasteiger partial charge is 0.377 e. The van der Waals surface area contributed by atoms with Gasteiger partial charge in [-0.25, -0.2) is 0 Å². The number of hydrogen-bond acceptors (Lipinski definition) is 3. The number of likely N-dealkylation sites (tertiary alicyclic amines) is 1. The minimum absolute atomic E-state index is 0.419. The standard InChI is InChI=1S/C15H24N2O/c1-13-3-2-4-14(11-13)12-17-8-5-15(6-9-17)18-10-7-16/h2-4,11,15H,5-10,12,16H2,1H3. The molecular weight excluding hydrogens is 224 g/mol. The van der Waals surface area contributed by atoms with Crippen LogP contribution in [-0.4, -0.2) is 37.2 Å². The summed E-state index contributed by atoms with van der Waals surface area (Å²) in [5, 5.41) is 0. The van der Waals surface area contributed by atoms with Crippen molar-refractivity contribution in [2.45, 2.75) is 32.4 Å². The molecule has 100 valence electrons. The summed E-state index contributed by atoms with van der Waals surface area (Å²) in [5.74, 6) is 0. The van der Waals surface area contributed by atoms with E-state index in [4.69, 9.17) is 10.5 Å². The Morgan fingerprint density at radius 2 is 2.11 bits per heavy atom. The van der Waals surface area contributed by atoms with Crippen LogP contribution in [-0.2, 0) is 11.3 Å². The molecule has 1 saturated heterocycles. The minimum atomic E-state index is 0.419. The molecule has 0 spiro atoms. The molecule has 2 N–H and O–H groups in total. The number of aryl methyl sites for hydroxylation is 1. The molecule has 1 aliphatic heterocycles. The highest BCUT2D eigenvalue weighted by molar-refractivity contribution is 5.22. The number of rotatable bonds is 5. The second-order valence-electron chi connectivity index (χ2n) is 5.12.